The normalized spacial score (nSPS) is 9.95. The van der Waals surface area contributed by atoms with Crippen molar-refractivity contribution in [3.05, 3.63) is 65.0 Å². The second-order valence-electron chi connectivity index (χ2n) is 3.32. The van der Waals surface area contributed by atoms with E-state index in [1.165, 1.54) is 18.2 Å². The van der Waals surface area contributed by atoms with Gasteiger partial charge in [0.05, 0.1) is 11.0 Å². The summed E-state index contributed by atoms with van der Waals surface area (Å²) in [5.41, 5.74) is -0.152. The van der Waals surface area contributed by atoms with E-state index in [9.17, 15) is 15.2 Å². The Bertz CT molecular complexity index is 519. The van der Waals surface area contributed by atoms with E-state index in [2.05, 4.69) is 6.58 Å². The summed E-state index contributed by atoms with van der Waals surface area (Å²) in [5, 5.41) is 20.2. The van der Waals surface area contributed by atoms with Crippen molar-refractivity contribution >= 4 is 5.69 Å². The van der Waals surface area contributed by atoms with Crippen LogP contribution >= 0.6 is 0 Å². The molecule has 1 aromatic carbocycles. The topological polar surface area (TPSA) is 72.6 Å². The Hall–Kier alpha value is -2.56. The van der Waals surface area contributed by atoms with Gasteiger partial charge in [0.15, 0.2) is 11.5 Å². The highest BCUT2D eigenvalue weighted by molar-refractivity contribution is 5.48. The number of phenols is 1. The van der Waals surface area contributed by atoms with Crippen LogP contribution in [0.1, 0.15) is 34.6 Å². The number of non-ortho nitro benzene ring substituents is 1. The molecule has 1 aromatic rings. The average Bonchev–Trinajstić information content (AvgIpc) is 2.53. The minimum atomic E-state index is -0.557. The third kappa shape index (κ3) is 7.89. The molecule has 22 heavy (non-hydrogen) atoms. The fourth-order valence-electron chi connectivity index (χ4n) is 1.23. The highest BCUT2D eigenvalue weighted by Gasteiger charge is 2.12. The second kappa shape index (κ2) is 13.4. The van der Waals surface area contributed by atoms with Crippen molar-refractivity contribution < 1.29 is 14.8 Å². The van der Waals surface area contributed by atoms with E-state index in [0.29, 0.717) is 5.76 Å². The summed E-state index contributed by atoms with van der Waals surface area (Å²) in [6, 6.07) is 3.58. The van der Waals surface area contributed by atoms with Crippen LogP contribution in [-0.2, 0) is 0 Å². The molecule has 0 bridgehead atoms. The molecule has 0 radical (unpaired) electrons. The number of hydrogen-bond donors (Lipinski definition) is 1. The Kier molecular flexibility index (Phi) is 13.3. The Morgan fingerprint density at radius 2 is 1.91 bits per heavy atom. The van der Waals surface area contributed by atoms with Gasteiger partial charge in [-0.1, -0.05) is 46.4 Å². The van der Waals surface area contributed by atoms with E-state index >= 15 is 0 Å². The monoisotopic (exact) mass is 307 g/mol. The highest BCUT2D eigenvalue weighted by atomic mass is 16.6. The predicted octanol–water partition coefficient (Wildman–Crippen LogP) is 5.38. The van der Waals surface area contributed by atoms with Gasteiger partial charge in [-0.15, -0.1) is 0 Å². The van der Waals surface area contributed by atoms with Gasteiger partial charge in [0, 0.05) is 6.07 Å². The molecule has 0 heterocycles. The van der Waals surface area contributed by atoms with Gasteiger partial charge in [0.1, 0.15) is 5.76 Å². The summed E-state index contributed by atoms with van der Waals surface area (Å²) < 4.78 is 5.37. The number of rotatable bonds is 5. The number of hydrogen-bond acceptors (Lipinski definition) is 4. The Morgan fingerprint density at radius 3 is 2.36 bits per heavy atom. The summed E-state index contributed by atoms with van der Waals surface area (Å²) in [6.07, 6.45) is 6.49. The van der Waals surface area contributed by atoms with Crippen LogP contribution in [0.5, 0.6) is 11.5 Å². The minimum Gasteiger partial charge on any atom is -0.504 e. The number of aromatic hydroxyl groups is 1. The van der Waals surface area contributed by atoms with Crippen LogP contribution in [0.15, 0.2) is 54.8 Å². The molecule has 0 unspecified atom stereocenters. The molecule has 0 aliphatic carbocycles. The van der Waals surface area contributed by atoms with Crippen molar-refractivity contribution in [1.29, 1.82) is 0 Å². The minimum absolute atomic E-state index is 0.0235. The lowest BCUT2D eigenvalue weighted by atomic mass is 10.3. The quantitative estimate of drug-likeness (QED) is 0.343. The summed E-state index contributed by atoms with van der Waals surface area (Å²) in [7, 11) is 0. The molecule has 0 aliphatic heterocycles. The van der Waals surface area contributed by atoms with Crippen molar-refractivity contribution in [2.75, 3.05) is 0 Å². The zero-order chi connectivity index (χ0) is 17.5. The average molecular weight is 307 g/mol. The molecule has 1 N–H and O–H groups in total. The van der Waals surface area contributed by atoms with Gasteiger partial charge in [0.2, 0.25) is 0 Å². The molecule has 0 atom stereocenters. The summed E-state index contributed by atoms with van der Waals surface area (Å²) >= 11 is 0. The largest absolute Gasteiger partial charge is 0.504 e. The van der Waals surface area contributed by atoms with Crippen molar-refractivity contribution in [3.8, 4) is 11.5 Å². The lowest BCUT2D eigenvalue weighted by Gasteiger charge is -2.07. The van der Waals surface area contributed by atoms with Gasteiger partial charge in [-0.2, -0.15) is 0 Å². The SMILES string of the molecule is C=C/C=C(\C=C/C)Oc1cc([N+](=O)[O-])ccc1O.CC.CC. The molecule has 0 aliphatic rings. The van der Waals surface area contributed by atoms with Crippen molar-refractivity contribution in [2.24, 2.45) is 0 Å². The van der Waals surface area contributed by atoms with Crippen LogP contribution in [0.4, 0.5) is 5.69 Å². The molecule has 0 amide bonds. The van der Waals surface area contributed by atoms with Crippen LogP contribution in [0.2, 0.25) is 0 Å². The molecule has 0 aromatic heterocycles. The maximum absolute atomic E-state index is 10.6. The highest BCUT2D eigenvalue weighted by Crippen LogP contribution is 2.31. The van der Waals surface area contributed by atoms with Gasteiger partial charge in [-0.3, -0.25) is 10.1 Å². The molecule has 0 spiro atoms. The van der Waals surface area contributed by atoms with E-state index in [4.69, 9.17) is 4.74 Å². The van der Waals surface area contributed by atoms with Gasteiger partial charge in [0.25, 0.3) is 5.69 Å². The second-order valence-corrected chi connectivity index (χ2v) is 3.32. The Morgan fingerprint density at radius 1 is 1.32 bits per heavy atom. The molecular formula is C17H25NO4. The molecular weight excluding hydrogens is 282 g/mol. The molecule has 0 saturated heterocycles. The van der Waals surface area contributed by atoms with Gasteiger partial charge >= 0.3 is 0 Å². The fourth-order valence-corrected chi connectivity index (χ4v) is 1.23. The van der Waals surface area contributed by atoms with Crippen LogP contribution in [0.3, 0.4) is 0 Å². The zero-order valence-corrected chi connectivity index (χ0v) is 13.9. The lowest BCUT2D eigenvalue weighted by molar-refractivity contribution is -0.384. The standard InChI is InChI=1S/C13H13NO4.2C2H6/c1-3-5-11(6-4-2)18-13-9-10(14(16)17)7-8-12(13)15;2*1-2/h3-9,15H,1H2,2H3;2*1-2H3/b6-4-,11-5+;;. The maximum atomic E-state index is 10.6. The predicted molar refractivity (Wildman–Crippen MR) is 91.2 cm³/mol. The Labute approximate surface area is 132 Å². The van der Waals surface area contributed by atoms with Crippen LogP contribution in [-0.4, -0.2) is 10.0 Å². The summed E-state index contributed by atoms with van der Waals surface area (Å²) in [5.74, 6) is 0.277. The molecule has 1 rings (SSSR count). The zero-order valence-electron chi connectivity index (χ0n) is 13.9. The fraction of sp³-hybridized carbons (Fsp3) is 0.294. The molecule has 5 heteroatoms. The van der Waals surface area contributed by atoms with E-state index in [1.807, 2.05) is 27.7 Å². The lowest BCUT2D eigenvalue weighted by Crippen LogP contribution is -1.94. The first-order valence-corrected chi connectivity index (χ1v) is 7.19. The molecule has 122 valence electrons. The van der Waals surface area contributed by atoms with Crippen molar-refractivity contribution in [2.45, 2.75) is 34.6 Å². The summed E-state index contributed by atoms with van der Waals surface area (Å²) in [6.45, 7) is 13.3. The molecule has 0 fully saturated rings. The smallest absolute Gasteiger partial charge is 0.273 e. The number of allylic oxidation sites excluding steroid dienone is 4. The Balaban J connectivity index is 0. The van der Waals surface area contributed by atoms with Gasteiger partial charge in [-0.25, -0.2) is 0 Å². The van der Waals surface area contributed by atoms with E-state index < -0.39 is 4.92 Å². The van der Waals surface area contributed by atoms with Gasteiger partial charge < -0.3 is 9.84 Å². The number of nitrogens with zero attached hydrogens (tertiary/aromatic N) is 1. The molecule has 5 nitrogen and oxygen atoms in total. The molecule has 0 saturated carbocycles. The third-order valence-electron chi connectivity index (χ3n) is 2.00. The van der Waals surface area contributed by atoms with E-state index in [-0.39, 0.29) is 17.2 Å². The summed E-state index contributed by atoms with van der Waals surface area (Å²) in [4.78, 5) is 10.1. The number of benzene rings is 1. The number of nitro groups is 1. The van der Waals surface area contributed by atoms with Gasteiger partial charge in [-0.05, 0) is 25.1 Å². The van der Waals surface area contributed by atoms with Crippen LogP contribution in [0, 0.1) is 10.1 Å². The van der Waals surface area contributed by atoms with Crippen LogP contribution in [0.25, 0.3) is 0 Å². The van der Waals surface area contributed by atoms with E-state index in [1.54, 1.807) is 25.2 Å². The number of nitro benzene ring substituents is 1. The van der Waals surface area contributed by atoms with E-state index in [0.717, 1.165) is 6.07 Å². The van der Waals surface area contributed by atoms with Crippen LogP contribution < -0.4 is 4.74 Å². The first-order valence-electron chi connectivity index (χ1n) is 7.19. The third-order valence-corrected chi connectivity index (χ3v) is 2.00. The van der Waals surface area contributed by atoms with Crippen molar-refractivity contribution in [1.82, 2.24) is 0 Å². The number of phenolic OH excluding ortho intramolecular Hbond substituents is 1. The number of ether oxygens (including phenoxy) is 1. The maximum Gasteiger partial charge on any atom is 0.273 e. The first kappa shape index (κ1) is 21.7. The van der Waals surface area contributed by atoms with Crippen molar-refractivity contribution in [3.63, 3.8) is 0 Å². The first-order chi connectivity index (χ1) is 10.6.